The van der Waals surface area contributed by atoms with E-state index in [9.17, 15) is 9.59 Å². The number of benzene rings is 1. The molecule has 0 aliphatic carbocycles. The average Bonchev–Trinajstić information content (AvgIpc) is 2.90. The molecule has 156 valence electrons. The molecule has 0 bridgehead atoms. The maximum Gasteiger partial charge on any atom is 0.317 e. The summed E-state index contributed by atoms with van der Waals surface area (Å²) < 4.78 is 11.4. The van der Waals surface area contributed by atoms with Gasteiger partial charge in [-0.2, -0.15) is 0 Å². The molecule has 1 aromatic carbocycles. The predicted octanol–water partition coefficient (Wildman–Crippen LogP) is 2.50. The number of aliphatic carboxylic acids is 1. The standard InChI is InChI=1S/C21H32N2O5/c1-16(2)14-27-18-7-4-8-19(12-18)28-15-20(24)23-10-5-6-17(9-11-23)22(3)13-21(25)26/h4,7-8,12,16-17H,5-6,9-11,13-15H2,1-3H3,(H,25,26). The monoisotopic (exact) mass is 392 g/mol. The minimum absolute atomic E-state index is 0.0106. The van der Waals surface area contributed by atoms with Crippen molar-refractivity contribution < 1.29 is 24.2 Å². The Hall–Kier alpha value is -2.28. The van der Waals surface area contributed by atoms with Crippen molar-refractivity contribution in [2.24, 2.45) is 5.92 Å². The number of hydrogen-bond donors (Lipinski definition) is 1. The summed E-state index contributed by atoms with van der Waals surface area (Å²) in [4.78, 5) is 27.1. The minimum atomic E-state index is -0.826. The third-order valence-electron chi connectivity index (χ3n) is 4.81. The highest BCUT2D eigenvalue weighted by atomic mass is 16.5. The normalized spacial score (nSPS) is 17.5. The van der Waals surface area contributed by atoms with Crippen LogP contribution in [0.15, 0.2) is 24.3 Å². The lowest BCUT2D eigenvalue weighted by Gasteiger charge is -2.25. The first kappa shape index (κ1) is 22.0. The number of carbonyl (C=O) groups excluding carboxylic acids is 1. The fourth-order valence-electron chi connectivity index (χ4n) is 3.26. The van der Waals surface area contributed by atoms with Gasteiger partial charge < -0.3 is 19.5 Å². The number of hydrogen-bond acceptors (Lipinski definition) is 5. The zero-order chi connectivity index (χ0) is 20.5. The fourth-order valence-corrected chi connectivity index (χ4v) is 3.26. The first-order valence-corrected chi connectivity index (χ1v) is 9.90. The summed E-state index contributed by atoms with van der Waals surface area (Å²) in [5.41, 5.74) is 0. The Morgan fingerprint density at radius 2 is 1.93 bits per heavy atom. The third-order valence-corrected chi connectivity index (χ3v) is 4.81. The zero-order valence-corrected chi connectivity index (χ0v) is 17.1. The van der Waals surface area contributed by atoms with Crippen molar-refractivity contribution in [2.75, 3.05) is 39.9 Å². The van der Waals surface area contributed by atoms with Gasteiger partial charge in [-0.05, 0) is 44.4 Å². The van der Waals surface area contributed by atoms with Crippen molar-refractivity contribution >= 4 is 11.9 Å². The van der Waals surface area contributed by atoms with Gasteiger partial charge in [0.25, 0.3) is 5.91 Å². The Balaban J connectivity index is 1.81. The number of likely N-dealkylation sites (tertiary alicyclic amines) is 1. The second-order valence-corrected chi connectivity index (χ2v) is 7.74. The zero-order valence-electron chi connectivity index (χ0n) is 17.1. The van der Waals surface area contributed by atoms with E-state index in [0.717, 1.165) is 25.0 Å². The largest absolute Gasteiger partial charge is 0.493 e. The molecule has 1 N–H and O–H groups in total. The van der Waals surface area contributed by atoms with Gasteiger partial charge >= 0.3 is 5.97 Å². The molecule has 1 saturated heterocycles. The summed E-state index contributed by atoms with van der Waals surface area (Å²) >= 11 is 0. The maximum absolute atomic E-state index is 12.5. The van der Waals surface area contributed by atoms with Gasteiger partial charge in [0.05, 0.1) is 13.2 Å². The minimum Gasteiger partial charge on any atom is -0.493 e. The third kappa shape index (κ3) is 7.38. The lowest BCUT2D eigenvalue weighted by Crippen LogP contribution is -2.38. The molecule has 1 heterocycles. The first-order valence-electron chi connectivity index (χ1n) is 9.90. The van der Waals surface area contributed by atoms with Gasteiger partial charge in [0.1, 0.15) is 11.5 Å². The van der Waals surface area contributed by atoms with Crippen LogP contribution in [0.2, 0.25) is 0 Å². The summed E-state index contributed by atoms with van der Waals surface area (Å²) in [7, 11) is 1.83. The molecule has 0 aromatic heterocycles. The number of carbonyl (C=O) groups is 2. The second-order valence-electron chi connectivity index (χ2n) is 7.74. The highest BCUT2D eigenvalue weighted by Crippen LogP contribution is 2.21. The number of likely N-dealkylation sites (N-methyl/N-ethyl adjacent to an activating group) is 1. The Morgan fingerprint density at radius 1 is 1.21 bits per heavy atom. The summed E-state index contributed by atoms with van der Waals surface area (Å²) in [6, 6.07) is 7.53. The Labute approximate surface area is 167 Å². The number of rotatable bonds is 9. The van der Waals surface area contributed by atoms with E-state index in [1.54, 1.807) is 6.07 Å². The molecular weight excluding hydrogens is 360 g/mol. The number of carboxylic acid groups (broad SMARTS) is 1. The van der Waals surface area contributed by atoms with Gasteiger partial charge in [0.15, 0.2) is 6.61 Å². The molecule has 0 spiro atoms. The fraction of sp³-hybridized carbons (Fsp3) is 0.619. The molecule has 1 aliphatic heterocycles. The molecule has 7 heteroatoms. The average molecular weight is 392 g/mol. The van der Waals surface area contributed by atoms with Gasteiger partial charge in [0, 0.05) is 25.2 Å². The van der Waals surface area contributed by atoms with Crippen LogP contribution < -0.4 is 9.47 Å². The van der Waals surface area contributed by atoms with Crippen molar-refractivity contribution in [1.82, 2.24) is 9.80 Å². The molecule has 1 atom stereocenters. The van der Waals surface area contributed by atoms with Crippen LogP contribution in [0.5, 0.6) is 11.5 Å². The second kappa shape index (κ2) is 10.9. The van der Waals surface area contributed by atoms with E-state index >= 15 is 0 Å². The van der Waals surface area contributed by atoms with Crippen LogP contribution in [-0.4, -0.2) is 72.7 Å². The molecule has 2 rings (SSSR count). The van der Waals surface area contributed by atoms with Crippen molar-refractivity contribution in [3.05, 3.63) is 24.3 Å². The summed E-state index contributed by atoms with van der Waals surface area (Å²) in [5, 5.41) is 8.95. The van der Waals surface area contributed by atoms with Crippen LogP contribution in [0.25, 0.3) is 0 Å². The lowest BCUT2D eigenvalue weighted by molar-refractivity contribution is -0.138. The molecule has 1 unspecified atom stereocenters. The molecule has 7 nitrogen and oxygen atoms in total. The summed E-state index contributed by atoms with van der Waals surface area (Å²) in [6.07, 6.45) is 2.52. The van der Waals surface area contributed by atoms with E-state index < -0.39 is 5.97 Å². The molecule has 28 heavy (non-hydrogen) atoms. The van der Waals surface area contributed by atoms with Crippen molar-refractivity contribution in [3.8, 4) is 11.5 Å². The number of amides is 1. The van der Waals surface area contributed by atoms with Crippen molar-refractivity contribution in [1.29, 1.82) is 0 Å². The molecule has 1 aromatic rings. The smallest absolute Gasteiger partial charge is 0.317 e. The highest BCUT2D eigenvalue weighted by molar-refractivity contribution is 5.77. The number of carboxylic acids is 1. The quantitative estimate of drug-likeness (QED) is 0.696. The van der Waals surface area contributed by atoms with Crippen LogP contribution in [0, 0.1) is 5.92 Å². The van der Waals surface area contributed by atoms with E-state index in [1.807, 2.05) is 35.0 Å². The van der Waals surface area contributed by atoms with E-state index in [0.29, 0.717) is 31.4 Å². The Bertz CT molecular complexity index is 649. The van der Waals surface area contributed by atoms with Crippen LogP contribution in [0.4, 0.5) is 0 Å². The van der Waals surface area contributed by atoms with Gasteiger partial charge in [-0.3, -0.25) is 14.5 Å². The first-order chi connectivity index (χ1) is 13.3. The van der Waals surface area contributed by atoms with E-state index in [2.05, 4.69) is 13.8 Å². The molecular formula is C21H32N2O5. The van der Waals surface area contributed by atoms with Crippen LogP contribution in [0.1, 0.15) is 33.1 Å². The van der Waals surface area contributed by atoms with Crippen molar-refractivity contribution in [3.63, 3.8) is 0 Å². The topological polar surface area (TPSA) is 79.3 Å². The van der Waals surface area contributed by atoms with Crippen LogP contribution >= 0.6 is 0 Å². The molecule has 1 fully saturated rings. The molecule has 1 amide bonds. The molecule has 1 aliphatic rings. The summed E-state index contributed by atoms with van der Waals surface area (Å²) in [5.74, 6) is 0.913. The number of nitrogens with zero attached hydrogens (tertiary/aromatic N) is 2. The molecule has 0 saturated carbocycles. The molecule has 0 radical (unpaired) electrons. The SMILES string of the molecule is CC(C)COc1cccc(OCC(=O)N2CCCC(N(C)CC(=O)O)CC2)c1. The van der Waals surface area contributed by atoms with Gasteiger partial charge in [-0.15, -0.1) is 0 Å². The predicted molar refractivity (Wildman–Crippen MR) is 107 cm³/mol. The van der Waals surface area contributed by atoms with E-state index in [-0.39, 0.29) is 25.1 Å². The van der Waals surface area contributed by atoms with E-state index in [4.69, 9.17) is 14.6 Å². The lowest BCUT2D eigenvalue weighted by atomic mass is 10.1. The van der Waals surface area contributed by atoms with E-state index in [1.165, 1.54) is 0 Å². The Kier molecular flexibility index (Phi) is 8.57. The Morgan fingerprint density at radius 3 is 2.61 bits per heavy atom. The van der Waals surface area contributed by atoms with Crippen LogP contribution in [0.3, 0.4) is 0 Å². The maximum atomic E-state index is 12.5. The van der Waals surface area contributed by atoms with Crippen LogP contribution in [-0.2, 0) is 9.59 Å². The van der Waals surface area contributed by atoms with Crippen molar-refractivity contribution in [2.45, 2.75) is 39.2 Å². The number of ether oxygens (including phenoxy) is 2. The highest BCUT2D eigenvalue weighted by Gasteiger charge is 2.24. The van der Waals surface area contributed by atoms with Gasteiger partial charge in [-0.25, -0.2) is 0 Å². The summed E-state index contributed by atoms with van der Waals surface area (Å²) in [6.45, 7) is 6.12. The van der Waals surface area contributed by atoms with Gasteiger partial charge in [-0.1, -0.05) is 19.9 Å². The van der Waals surface area contributed by atoms with Gasteiger partial charge in [0.2, 0.25) is 0 Å².